The molecule has 0 bridgehead atoms. The van der Waals surface area contributed by atoms with Crippen LogP contribution in [0.1, 0.15) is 17.5 Å². The molecule has 3 heteroatoms. The Morgan fingerprint density at radius 2 is 2.05 bits per heavy atom. The van der Waals surface area contributed by atoms with Crippen LogP contribution in [0.4, 0.5) is 0 Å². The summed E-state index contributed by atoms with van der Waals surface area (Å²) in [5.74, 6) is 1.76. The summed E-state index contributed by atoms with van der Waals surface area (Å²) in [5, 5.41) is 3.37. The van der Waals surface area contributed by atoms with E-state index in [4.69, 9.17) is 9.47 Å². The molecule has 0 aliphatic carbocycles. The van der Waals surface area contributed by atoms with Crippen molar-refractivity contribution in [2.45, 2.75) is 18.6 Å². The SMILES string of the molecule is C1=C[C@@]2(CCNC2)Oc2cc(OCc3ccccc3)ccc21. The summed E-state index contributed by atoms with van der Waals surface area (Å²) in [6, 6.07) is 16.3. The standard InChI is InChI=1S/C19H19NO2/c1-2-4-15(5-3-1)13-21-17-7-6-16-8-9-19(10-11-20-14-19)22-18(16)12-17/h1-9,12,20H,10-11,13-14H2/t19-/m0/s1. The van der Waals surface area contributed by atoms with Crippen LogP contribution in [0.3, 0.4) is 0 Å². The van der Waals surface area contributed by atoms with Crippen LogP contribution in [0.2, 0.25) is 0 Å². The summed E-state index contributed by atoms with van der Waals surface area (Å²) in [6.45, 7) is 2.45. The highest BCUT2D eigenvalue weighted by Crippen LogP contribution is 2.36. The molecule has 1 N–H and O–H groups in total. The van der Waals surface area contributed by atoms with Crippen LogP contribution in [-0.4, -0.2) is 18.7 Å². The van der Waals surface area contributed by atoms with Gasteiger partial charge < -0.3 is 14.8 Å². The van der Waals surface area contributed by atoms with E-state index in [0.29, 0.717) is 6.61 Å². The van der Waals surface area contributed by atoms with Gasteiger partial charge in [0, 0.05) is 24.6 Å². The van der Waals surface area contributed by atoms with E-state index in [0.717, 1.165) is 42.1 Å². The summed E-state index contributed by atoms with van der Waals surface area (Å²) in [6.07, 6.45) is 5.35. The highest BCUT2D eigenvalue weighted by molar-refractivity contribution is 5.63. The number of rotatable bonds is 3. The number of nitrogens with one attached hydrogen (secondary N) is 1. The molecule has 2 aromatic carbocycles. The van der Waals surface area contributed by atoms with Crippen molar-refractivity contribution in [1.29, 1.82) is 0 Å². The Hall–Kier alpha value is -2.26. The molecule has 2 aliphatic rings. The van der Waals surface area contributed by atoms with Crippen LogP contribution in [0.25, 0.3) is 6.08 Å². The van der Waals surface area contributed by atoms with Gasteiger partial charge in [0.2, 0.25) is 0 Å². The fraction of sp³-hybridized carbons (Fsp3) is 0.263. The van der Waals surface area contributed by atoms with Gasteiger partial charge in [-0.3, -0.25) is 0 Å². The molecule has 112 valence electrons. The van der Waals surface area contributed by atoms with Gasteiger partial charge in [0.25, 0.3) is 0 Å². The Morgan fingerprint density at radius 3 is 2.86 bits per heavy atom. The van der Waals surface area contributed by atoms with E-state index in [9.17, 15) is 0 Å². The first kappa shape index (κ1) is 13.4. The fourth-order valence-electron chi connectivity index (χ4n) is 2.98. The van der Waals surface area contributed by atoms with Crippen molar-refractivity contribution in [2.24, 2.45) is 0 Å². The van der Waals surface area contributed by atoms with Crippen molar-refractivity contribution in [3.63, 3.8) is 0 Å². The van der Waals surface area contributed by atoms with Gasteiger partial charge in [-0.1, -0.05) is 36.4 Å². The summed E-state index contributed by atoms with van der Waals surface area (Å²) >= 11 is 0. The molecule has 1 fully saturated rings. The lowest BCUT2D eigenvalue weighted by Gasteiger charge is -2.30. The first-order valence-corrected chi connectivity index (χ1v) is 7.73. The largest absolute Gasteiger partial charge is 0.489 e. The Morgan fingerprint density at radius 1 is 1.14 bits per heavy atom. The molecule has 0 radical (unpaired) electrons. The summed E-state index contributed by atoms with van der Waals surface area (Å²) in [5.41, 5.74) is 2.10. The van der Waals surface area contributed by atoms with Gasteiger partial charge in [-0.2, -0.15) is 0 Å². The maximum absolute atomic E-state index is 6.24. The Bertz CT molecular complexity index is 688. The predicted molar refractivity (Wildman–Crippen MR) is 87.1 cm³/mol. The Balaban J connectivity index is 1.51. The van der Waals surface area contributed by atoms with Gasteiger partial charge >= 0.3 is 0 Å². The molecule has 0 saturated carbocycles. The first-order valence-electron chi connectivity index (χ1n) is 7.73. The third kappa shape index (κ3) is 2.60. The molecular weight excluding hydrogens is 274 g/mol. The van der Waals surface area contributed by atoms with E-state index >= 15 is 0 Å². The van der Waals surface area contributed by atoms with E-state index in [1.54, 1.807) is 0 Å². The lowest BCUT2D eigenvalue weighted by Crippen LogP contribution is -2.37. The maximum atomic E-state index is 6.24. The minimum Gasteiger partial charge on any atom is -0.489 e. The van der Waals surface area contributed by atoms with Gasteiger partial charge in [0.1, 0.15) is 23.7 Å². The molecule has 2 aromatic rings. The maximum Gasteiger partial charge on any atom is 0.141 e. The van der Waals surface area contributed by atoms with Crippen molar-refractivity contribution in [3.8, 4) is 11.5 Å². The van der Waals surface area contributed by atoms with Crippen molar-refractivity contribution < 1.29 is 9.47 Å². The second-order valence-corrected chi connectivity index (χ2v) is 5.90. The summed E-state index contributed by atoms with van der Waals surface area (Å²) < 4.78 is 12.1. The monoisotopic (exact) mass is 293 g/mol. The Labute approximate surface area is 130 Å². The smallest absolute Gasteiger partial charge is 0.141 e. The number of hydrogen-bond donors (Lipinski definition) is 1. The van der Waals surface area contributed by atoms with Crippen LogP contribution < -0.4 is 14.8 Å². The third-order valence-electron chi connectivity index (χ3n) is 4.26. The van der Waals surface area contributed by atoms with Gasteiger partial charge in [0.05, 0.1) is 0 Å². The van der Waals surface area contributed by atoms with Gasteiger partial charge in [-0.15, -0.1) is 0 Å². The van der Waals surface area contributed by atoms with Gasteiger partial charge in [0.15, 0.2) is 0 Å². The number of hydrogen-bond acceptors (Lipinski definition) is 3. The lowest BCUT2D eigenvalue weighted by atomic mass is 9.97. The van der Waals surface area contributed by atoms with E-state index in [1.807, 2.05) is 30.3 Å². The minimum atomic E-state index is -0.176. The highest BCUT2D eigenvalue weighted by atomic mass is 16.5. The van der Waals surface area contributed by atoms with Gasteiger partial charge in [-0.05, 0) is 30.3 Å². The third-order valence-corrected chi connectivity index (χ3v) is 4.26. The molecule has 4 rings (SSSR count). The van der Waals surface area contributed by atoms with Crippen LogP contribution in [-0.2, 0) is 6.61 Å². The fourth-order valence-corrected chi connectivity index (χ4v) is 2.98. The molecule has 0 unspecified atom stereocenters. The van der Waals surface area contributed by atoms with Crippen LogP contribution in [0.15, 0.2) is 54.6 Å². The van der Waals surface area contributed by atoms with Crippen LogP contribution in [0.5, 0.6) is 11.5 Å². The topological polar surface area (TPSA) is 30.5 Å². The zero-order valence-electron chi connectivity index (χ0n) is 12.4. The average Bonchev–Trinajstić information content (AvgIpc) is 3.01. The molecule has 0 amide bonds. The molecular formula is C19H19NO2. The molecule has 22 heavy (non-hydrogen) atoms. The molecule has 2 aliphatic heterocycles. The lowest BCUT2D eigenvalue weighted by molar-refractivity contribution is 0.138. The van der Waals surface area contributed by atoms with Gasteiger partial charge in [-0.25, -0.2) is 0 Å². The molecule has 1 saturated heterocycles. The quantitative estimate of drug-likeness (QED) is 0.941. The second kappa shape index (κ2) is 5.50. The zero-order valence-corrected chi connectivity index (χ0v) is 12.4. The Kier molecular flexibility index (Phi) is 3.35. The van der Waals surface area contributed by atoms with E-state index in [1.165, 1.54) is 0 Å². The predicted octanol–water partition coefficient (Wildman–Crippen LogP) is 3.40. The van der Waals surface area contributed by atoms with Crippen LogP contribution in [0, 0.1) is 0 Å². The van der Waals surface area contributed by atoms with Crippen molar-refractivity contribution in [2.75, 3.05) is 13.1 Å². The summed E-state index contributed by atoms with van der Waals surface area (Å²) in [7, 11) is 0. The van der Waals surface area contributed by atoms with Crippen molar-refractivity contribution in [3.05, 3.63) is 65.7 Å². The number of ether oxygens (including phenoxy) is 2. The number of fused-ring (bicyclic) bond motifs is 1. The zero-order chi connectivity index (χ0) is 14.8. The number of benzene rings is 2. The molecule has 1 atom stereocenters. The van der Waals surface area contributed by atoms with Crippen molar-refractivity contribution >= 4 is 6.08 Å². The van der Waals surface area contributed by atoms with Crippen molar-refractivity contribution in [1.82, 2.24) is 5.32 Å². The van der Waals surface area contributed by atoms with Crippen LogP contribution >= 0.6 is 0 Å². The second-order valence-electron chi connectivity index (χ2n) is 5.90. The average molecular weight is 293 g/mol. The molecule has 2 heterocycles. The van der Waals surface area contributed by atoms with E-state index in [2.05, 4.69) is 35.7 Å². The molecule has 3 nitrogen and oxygen atoms in total. The summed E-state index contributed by atoms with van der Waals surface area (Å²) in [4.78, 5) is 0. The normalized spacial score (nSPS) is 22.4. The van der Waals surface area contributed by atoms with E-state index < -0.39 is 0 Å². The van der Waals surface area contributed by atoms with E-state index in [-0.39, 0.29) is 5.60 Å². The molecule has 1 spiro atoms. The molecule has 0 aromatic heterocycles. The highest BCUT2D eigenvalue weighted by Gasteiger charge is 2.35. The first-order chi connectivity index (χ1) is 10.8. The minimum absolute atomic E-state index is 0.176.